The Morgan fingerprint density at radius 2 is 2.00 bits per heavy atom. The van der Waals surface area contributed by atoms with Crippen LogP contribution in [0.25, 0.3) is 10.6 Å². The number of ether oxygens (including phenoxy) is 1. The van der Waals surface area contributed by atoms with Crippen molar-refractivity contribution in [2.75, 3.05) is 31.2 Å². The maximum Gasteiger partial charge on any atom is 0.0928 e. The number of aromatic nitrogens is 2. The molecule has 5 rings (SSSR count). The number of hydrogen-bond acceptors (Lipinski definition) is 4. The zero-order chi connectivity index (χ0) is 17.5. The second-order valence-electron chi connectivity index (χ2n) is 6.84. The van der Waals surface area contributed by atoms with Crippen LogP contribution in [-0.4, -0.2) is 36.3 Å². The molecule has 3 heterocycles. The molecule has 1 aliphatic heterocycles. The normalized spacial score (nSPS) is 19.7. The molecule has 0 bridgehead atoms. The SMILES string of the molecule is Clc1ccc(C2CCc3nc[nH]c3-c3sc(N4CCOCC4)cc32)cc1. The molecule has 134 valence electrons. The van der Waals surface area contributed by atoms with E-state index in [2.05, 4.69) is 33.1 Å². The van der Waals surface area contributed by atoms with E-state index >= 15 is 0 Å². The topological polar surface area (TPSA) is 41.2 Å². The Balaban J connectivity index is 1.61. The first-order valence-corrected chi connectivity index (χ1v) is 10.2. The van der Waals surface area contributed by atoms with E-state index in [0.717, 1.165) is 44.2 Å². The molecule has 1 unspecified atom stereocenters. The Morgan fingerprint density at radius 1 is 1.19 bits per heavy atom. The molecule has 1 aliphatic carbocycles. The first-order valence-electron chi connectivity index (χ1n) is 9.04. The highest BCUT2D eigenvalue weighted by atomic mass is 35.5. The summed E-state index contributed by atoms with van der Waals surface area (Å²) in [6.07, 6.45) is 3.87. The smallest absolute Gasteiger partial charge is 0.0928 e. The Hall–Kier alpha value is -1.82. The van der Waals surface area contributed by atoms with Crippen molar-refractivity contribution in [3.63, 3.8) is 0 Å². The number of nitrogens with zero attached hydrogens (tertiary/aromatic N) is 2. The van der Waals surface area contributed by atoms with Crippen LogP contribution >= 0.6 is 22.9 Å². The maximum absolute atomic E-state index is 6.11. The van der Waals surface area contributed by atoms with Gasteiger partial charge >= 0.3 is 0 Å². The predicted octanol–water partition coefficient (Wildman–Crippen LogP) is 4.71. The molecule has 3 aromatic rings. The van der Waals surface area contributed by atoms with Gasteiger partial charge in [-0.25, -0.2) is 4.98 Å². The van der Waals surface area contributed by atoms with Gasteiger partial charge in [0.25, 0.3) is 0 Å². The number of morpholine rings is 1. The average Bonchev–Trinajstić information content (AvgIpc) is 3.29. The summed E-state index contributed by atoms with van der Waals surface area (Å²) >= 11 is 7.99. The fraction of sp³-hybridized carbons (Fsp3) is 0.350. The van der Waals surface area contributed by atoms with Gasteiger partial charge in [0.05, 0.1) is 40.8 Å². The summed E-state index contributed by atoms with van der Waals surface area (Å²) in [6.45, 7) is 3.53. The van der Waals surface area contributed by atoms with E-state index in [1.807, 2.05) is 29.8 Å². The van der Waals surface area contributed by atoms with Crippen molar-refractivity contribution < 1.29 is 4.74 Å². The van der Waals surface area contributed by atoms with E-state index in [-0.39, 0.29) is 0 Å². The third kappa shape index (κ3) is 2.84. The number of H-pyrrole nitrogens is 1. The second-order valence-corrected chi connectivity index (χ2v) is 8.30. The van der Waals surface area contributed by atoms with Crippen molar-refractivity contribution in [1.29, 1.82) is 0 Å². The number of aryl methyl sites for hydroxylation is 1. The molecule has 4 nitrogen and oxygen atoms in total. The minimum atomic E-state index is 0.371. The molecular formula is C20H20ClN3OS. The van der Waals surface area contributed by atoms with E-state index in [1.165, 1.54) is 32.4 Å². The number of hydrogen-bond donors (Lipinski definition) is 1. The van der Waals surface area contributed by atoms with Crippen LogP contribution in [-0.2, 0) is 11.2 Å². The minimum Gasteiger partial charge on any atom is -0.378 e. The van der Waals surface area contributed by atoms with Gasteiger partial charge in [-0.15, -0.1) is 11.3 Å². The highest BCUT2D eigenvalue weighted by Gasteiger charge is 2.29. The third-order valence-corrected chi connectivity index (χ3v) is 6.81. The van der Waals surface area contributed by atoms with Crippen LogP contribution in [0.4, 0.5) is 5.00 Å². The predicted molar refractivity (Wildman–Crippen MR) is 107 cm³/mol. The number of nitrogens with one attached hydrogen (secondary N) is 1. The van der Waals surface area contributed by atoms with E-state index in [1.54, 1.807) is 0 Å². The number of rotatable bonds is 2. The number of fused-ring (bicyclic) bond motifs is 3. The van der Waals surface area contributed by atoms with Crippen LogP contribution in [0.5, 0.6) is 0 Å². The Labute approximate surface area is 161 Å². The van der Waals surface area contributed by atoms with Gasteiger partial charge in [0.15, 0.2) is 0 Å². The van der Waals surface area contributed by atoms with Crippen LogP contribution in [0, 0.1) is 0 Å². The van der Waals surface area contributed by atoms with Gasteiger partial charge in [0, 0.05) is 24.0 Å². The van der Waals surface area contributed by atoms with E-state index < -0.39 is 0 Å². The molecule has 2 aromatic heterocycles. The molecule has 1 atom stereocenters. The monoisotopic (exact) mass is 385 g/mol. The summed E-state index contributed by atoms with van der Waals surface area (Å²) in [6, 6.07) is 10.7. The van der Waals surface area contributed by atoms with Gasteiger partial charge in [-0.05, 0) is 42.2 Å². The van der Waals surface area contributed by atoms with Crippen molar-refractivity contribution in [3.8, 4) is 10.6 Å². The first kappa shape index (κ1) is 16.4. The fourth-order valence-corrected chi connectivity index (χ4v) is 5.40. The lowest BCUT2D eigenvalue weighted by Gasteiger charge is -2.27. The van der Waals surface area contributed by atoms with Crippen molar-refractivity contribution in [3.05, 3.63) is 58.5 Å². The first-order chi connectivity index (χ1) is 12.8. The Morgan fingerprint density at radius 3 is 2.81 bits per heavy atom. The highest BCUT2D eigenvalue weighted by Crippen LogP contribution is 2.47. The molecule has 0 spiro atoms. The van der Waals surface area contributed by atoms with Crippen molar-refractivity contribution in [2.45, 2.75) is 18.8 Å². The summed E-state index contributed by atoms with van der Waals surface area (Å²) in [4.78, 5) is 11.7. The van der Waals surface area contributed by atoms with Gasteiger partial charge in [-0.3, -0.25) is 0 Å². The molecule has 0 saturated carbocycles. The average molecular weight is 386 g/mol. The van der Waals surface area contributed by atoms with Gasteiger partial charge < -0.3 is 14.6 Å². The van der Waals surface area contributed by atoms with E-state index in [9.17, 15) is 0 Å². The molecule has 26 heavy (non-hydrogen) atoms. The van der Waals surface area contributed by atoms with Crippen molar-refractivity contribution >= 4 is 27.9 Å². The van der Waals surface area contributed by atoms with Gasteiger partial charge in [0.1, 0.15) is 0 Å². The summed E-state index contributed by atoms with van der Waals surface area (Å²) < 4.78 is 5.52. The summed E-state index contributed by atoms with van der Waals surface area (Å²) in [7, 11) is 0. The van der Waals surface area contributed by atoms with Crippen LogP contribution in [0.1, 0.15) is 29.2 Å². The Bertz CT molecular complexity index is 912. The molecule has 1 saturated heterocycles. The molecular weight excluding hydrogens is 366 g/mol. The largest absolute Gasteiger partial charge is 0.378 e. The molecule has 1 aromatic carbocycles. The number of imidazole rings is 1. The van der Waals surface area contributed by atoms with Crippen LogP contribution in [0.3, 0.4) is 0 Å². The van der Waals surface area contributed by atoms with Gasteiger partial charge in [-0.1, -0.05) is 23.7 Å². The van der Waals surface area contributed by atoms with Gasteiger partial charge in [-0.2, -0.15) is 0 Å². The zero-order valence-electron chi connectivity index (χ0n) is 14.4. The standard InChI is InChI=1S/C20H20ClN3OS/c21-14-3-1-13(2-4-14)15-5-6-17-19(23-12-22-17)20-16(15)11-18(26-20)24-7-9-25-10-8-24/h1-4,11-12,15H,5-10H2,(H,22,23). The molecule has 1 N–H and O–H groups in total. The van der Waals surface area contributed by atoms with Crippen LogP contribution in [0.2, 0.25) is 5.02 Å². The minimum absolute atomic E-state index is 0.371. The molecule has 6 heteroatoms. The number of halogens is 1. The Kier molecular flexibility index (Phi) is 4.23. The van der Waals surface area contributed by atoms with Crippen molar-refractivity contribution in [2.24, 2.45) is 0 Å². The zero-order valence-corrected chi connectivity index (χ0v) is 15.9. The fourth-order valence-electron chi connectivity index (χ4n) is 3.97. The number of benzene rings is 1. The highest BCUT2D eigenvalue weighted by molar-refractivity contribution is 7.19. The lowest BCUT2D eigenvalue weighted by molar-refractivity contribution is 0.123. The van der Waals surface area contributed by atoms with Crippen LogP contribution < -0.4 is 4.90 Å². The third-order valence-electron chi connectivity index (χ3n) is 5.33. The van der Waals surface area contributed by atoms with Crippen molar-refractivity contribution in [1.82, 2.24) is 9.97 Å². The molecule has 1 fully saturated rings. The quantitative estimate of drug-likeness (QED) is 0.694. The molecule has 0 radical (unpaired) electrons. The number of anilines is 1. The lowest BCUT2D eigenvalue weighted by Crippen LogP contribution is -2.35. The number of thiophene rings is 1. The lowest BCUT2D eigenvalue weighted by atomic mass is 9.89. The summed E-state index contributed by atoms with van der Waals surface area (Å²) in [5, 5.41) is 2.12. The second kappa shape index (κ2) is 6.72. The van der Waals surface area contributed by atoms with Gasteiger partial charge in [0.2, 0.25) is 0 Å². The summed E-state index contributed by atoms with van der Waals surface area (Å²) in [5.74, 6) is 0.371. The van der Waals surface area contributed by atoms with E-state index in [4.69, 9.17) is 16.3 Å². The summed E-state index contributed by atoms with van der Waals surface area (Å²) in [5.41, 5.74) is 5.10. The maximum atomic E-state index is 6.11. The molecule has 0 amide bonds. The number of aromatic amines is 1. The van der Waals surface area contributed by atoms with E-state index in [0.29, 0.717) is 5.92 Å². The van der Waals surface area contributed by atoms with Crippen LogP contribution in [0.15, 0.2) is 36.7 Å². The molecule has 2 aliphatic rings.